The molecule has 0 aromatic carbocycles. The third-order valence-corrected chi connectivity index (χ3v) is 6.13. The molecule has 0 aromatic heterocycles. The minimum absolute atomic E-state index is 0.0481. The van der Waals surface area contributed by atoms with E-state index < -0.39 is 10.0 Å². The molecule has 0 radical (unpaired) electrons. The van der Waals surface area contributed by atoms with Crippen LogP contribution in [0.3, 0.4) is 0 Å². The Balaban J connectivity index is 4.69. The van der Waals surface area contributed by atoms with Crippen molar-refractivity contribution in [1.29, 1.82) is 0 Å². The summed E-state index contributed by atoms with van der Waals surface area (Å²) < 4.78 is 25.6. The van der Waals surface area contributed by atoms with Crippen LogP contribution in [0, 0.1) is 5.41 Å². The Hall–Kier alpha value is 0.390. The van der Waals surface area contributed by atoms with Crippen molar-refractivity contribution in [1.82, 2.24) is 4.31 Å². The molecule has 0 rings (SSSR count). The van der Waals surface area contributed by atoms with Crippen LogP contribution in [0.25, 0.3) is 0 Å². The van der Waals surface area contributed by atoms with Crippen molar-refractivity contribution in [2.45, 2.75) is 46.6 Å². The zero-order valence-corrected chi connectivity index (χ0v) is 13.6. The van der Waals surface area contributed by atoms with Crippen LogP contribution in [0.4, 0.5) is 0 Å². The Labute approximate surface area is 109 Å². The van der Waals surface area contributed by atoms with Gasteiger partial charge in [0.15, 0.2) is 0 Å². The highest BCUT2D eigenvalue weighted by Crippen LogP contribution is 2.24. The first-order chi connectivity index (χ1) is 6.92. The van der Waals surface area contributed by atoms with E-state index in [1.807, 2.05) is 13.8 Å². The molecule has 0 aromatic rings. The first kappa shape index (κ1) is 16.4. The van der Waals surface area contributed by atoms with Gasteiger partial charge < -0.3 is 0 Å². The van der Waals surface area contributed by atoms with Gasteiger partial charge in [-0.1, -0.05) is 36.7 Å². The van der Waals surface area contributed by atoms with Gasteiger partial charge in [0, 0.05) is 17.9 Å². The van der Waals surface area contributed by atoms with E-state index in [0.29, 0.717) is 11.8 Å². The van der Waals surface area contributed by atoms with Crippen molar-refractivity contribution in [3.63, 3.8) is 0 Å². The molecule has 0 aliphatic heterocycles. The van der Waals surface area contributed by atoms with Gasteiger partial charge in [-0.3, -0.25) is 0 Å². The molecule has 5 heteroatoms. The molecule has 0 aliphatic rings. The molecule has 16 heavy (non-hydrogen) atoms. The highest BCUT2D eigenvalue weighted by atomic mass is 79.9. The monoisotopic (exact) mass is 313 g/mol. The van der Waals surface area contributed by atoms with Crippen molar-refractivity contribution >= 4 is 26.0 Å². The molecule has 98 valence electrons. The first-order valence-corrected chi connectivity index (χ1v) is 8.18. The minimum atomic E-state index is -3.16. The summed E-state index contributed by atoms with van der Waals surface area (Å²) >= 11 is 3.35. The third kappa shape index (κ3) is 5.15. The van der Waals surface area contributed by atoms with E-state index >= 15 is 0 Å². The first-order valence-electron chi connectivity index (χ1n) is 5.45. The summed E-state index contributed by atoms with van der Waals surface area (Å²) in [5, 5.41) is 0.630. The molecule has 0 unspecified atom stereocenters. The Morgan fingerprint density at radius 1 is 1.12 bits per heavy atom. The lowest BCUT2D eigenvalue weighted by molar-refractivity contribution is 0.295. The normalized spacial score (nSPS) is 14.5. The summed E-state index contributed by atoms with van der Waals surface area (Å²) in [5.74, 6) is 0.212. The van der Waals surface area contributed by atoms with Gasteiger partial charge in [-0.2, -0.15) is 4.31 Å². The molecule has 0 N–H and O–H groups in total. The van der Waals surface area contributed by atoms with E-state index in [0.717, 1.165) is 0 Å². The van der Waals surface area contributed by atoms with Crippen LogP contribution in [-0.2, 0) is 10.0 Å². The average Bonchev–Trinajstić information content (AvgIpc) is 2.13. The number of rotatable bonds is 5. The predicted molar refractivity (Wildman–Crippen MR) is 73.5 cm³/mol. The van der Waals surface area contributed by atoms with Crippen LogP contribution in [-0.4, -0.2) is 36.4 Å². The maximum Gasteiger partial charge on any atom is 0.214 e. The molecule has 0 saturated heterocycles. The van der Waals surface area contributed by atoms with Gasteiger partial charge in [0.1, 0.15) is 0 Å². The van der Waals surface area contributed by atoms with Gasteiger partial charge in [0.25, 0.3) is 0 Å². The van der Waals surface area contributed by atoms with Crippen molar-refractivity contribution in [2.75, 3.05) is 18.1 Å². The molecular weight excluding hydrogens is 290 g/mol. The van der Waals surface area contributed by atoms with Crippen molar-refractivity contribution in [3.05, 3.63) is 0 Å². The van der Waals surface area contributed by atoms with E-state index in [1.54, 1.807) is 7.05 Å². The Bertz CT molecular complexity index is 317. The lowest BCUT2D eigenvalue weighted by atomic mass is 9.94. The number of hydrogen-bond acceptors (Lipinski definition) is 2. The Morgan fingerprint density at radius 2 is 1.56 bits per heavy atom. The number of alkyl halides is 1. The topological polar surface area (TPSA) is 37.4 Å². The summed E-state index contributed by atoms with van der Waals surface area (Å²) in [6.07, 6.45) is 0.679. The zero-order chi connectivity index (χ0) is 13.2. The second-order valence-corrected chi connectivity index (χ2v) is 8.72. The van der Waals surface area contributed by atoms with Gasteiger partial charge in [0.2, 0.25) is 10.0 Å². The molecule has 0 heterocycles. The average molecular weight is 314 g/mol. The summed E-state index contributed by atoms with van der Waals surface area (Å²) in [5.41, 5.74) is -0.330. The lowest BCUT2D eigenvalue weighted by Crippen LogP contribution is -2.47. The van der Waals surface area contributed by atoms with Gasteiger partial charge in [0.05, 0.1) is 5.75 Å². The fourth-order valence-corrected chi connectivity index (χ4v) is 3.54. The summed E-state index contributed by atoms with van der Waals surface area (Å²) in [6, 6.07) is 0. The second-order valence-electron chi connectivity index (χ2n) is 6.04. The number of halogens is 1. The van der Waals surface area contributed by atoms with Crippen molar-refractivity contribution in [3.8, 4) is 0 Å². The van der Waals surface area contributed by atoms with E-state index in [1.165, 1.54) is 4.31 Å². The fourth-order valence-electron chi connectivity index (χ4n) is 1.03. The molecular formula is C11H24BrNO2S. The molecule has 0 aliphatic carbocycles. The van der Waals surface area contributed by atoms with Crippen molar-refractivity contribution < 1.29 is 8.42 Å². The maximum atomic E-state index is 12.1. The molecule has 0 atom stereocenters. The number of nitrogens with zero attached hydrogens (tertiary/aromatic N) is 1. The minimum Gasteiger partial charge on any atom is -0.212 e. The van der Waals surface area contributed by atoms with Gasteiger partial charge in [-0.15, -0.1) is 0 Å². The van der Waals surface area contributed by atoms with Crippen LogP contribution in [0.5, 0.6) is 0 Å². The quantitative estimate of drug-likeness (QED) is 0.732. The van der Waals surface area contributed by atoms with E-state index in [-0.39, 0.29) is 16.7 Å². The highest BCUT2D eigenvalue weighted by Gasteiger charge is 2.32. The number of hydrogen-bond donors (Lipinski definition) is 0. The summed E-state index contributed by atoms with van der Waals surface area (Å²) in [4.78, 5) is 0. The zero-order valence-electron chi connectivity index (χ0n) is 11.2. The van der Waals surface area contributed by atoms with Crippen LogP contribution >= 0.6 is 15.9 Å². The van der Waals surface area contributed by atoms with Crippen LogP contribution < -0.4 is 0 Å². The molecule has 0 amide bonds. The molecule has 3 nitrogen and oxygen atoms in total. The van der Waals surface area contributed by atoms with E-state index in [9.17, 15) is 8.42 Å². The summed E-state index contributed by atoms with van der Waals surface area (Å²) in [7, 11) is -1.51. The highest BCUT2D eigenvalue weighted by molar-refractivity contribution is 9.09. The fraction of sp³-hybridized carbons (Fsp3) is 1.00. The summed E-state index contributed by atoms with van der Waals surface area (Å²) in [6.45, 7) is 9.99. The maximum absolute atomic E-state index is 12.1. The van der Waals surface area contributed by atoms with Crippen LogP contribution in [0.1, 0.15) is 41.0 Å². The van der Waals surface area contributed by atoms with E-state index in [4.69, 9.17) is 0 Å². The SMILES string of the molecule is CN(C(C)(C)CBr)S(=O)(=O)CCC(C)(C)C. The van der Waals surface area contributed by atoms with Crippen LogP contribution in [0.15, 0.2) is 0 Å². The lowest BCUT2D eigenvalue weighted by Gasteiger charge is -2.33. The van der Waals surface area contributed by atoms with Gasteiger partial charge in [-0.25, -0.2) is 8.42 Å². The second kappa shape index (κ2) is 5.36. The van der Waals surface area contributed by atoms with Gasteiger partial charge in [-0.05, 0) is 25.7 Å². The standard InChI is InChI=1S/C11H24BrNO2S/c1-10(2,3)7-8-16(14,15)13(6)11(4,5)9-12/h7-9H2,1-6H3. The smallest absolute Gasteiger partial charge is 0.212 e. The molecule has 0 bridgehead atoms. The van der Waals surface area contributed by atoms with Crippen molar-refractivity contribution in [2.24, 2.45) is 5.41 Å². The third-order valence-electron chi connectivity index (χ3n) is 2.71. The van der Waals surface area contributed by atoms with Gasteiger partial charge >= 0.3 is 0 Å². The van der Waals surface area contributed by atoms with E-state index in [2.05, 4.69) is 36.7 Å². The predicted octanol–water partition coefficient (Wildman–Crippen LogP) is 2.86. The molecule has 0 spiro atoms. The Kier molecular flexibility index (Phi) is 5.49. The Morgan fingerprint density at radius 3 is 1.88 bits per heavy atom. The van der Waals surface area contributed by atoms with Crippen LogP contribution in [0.2, 0.25) is 0 Å². The molecule has 0 fully saturated rings. The largest absolute Gasteiger partial charge is 0.214 e. The molecule has 0 saturated carbocycles. The number of sulfonamides is 1.